The molecule has 0 bridgehead atoms. The van der Waals surface area contributed by atoms with Crippen molar-refractivity contribution in [1.82, 2.24) is 5.32 Å². The Kier molecular flexibility index (Phi) is 7.90. The van der Waals surface area contributed by atoms with Crippen molar-refractivity contribution in [3.63, 3.8) is 0 Å². The summed E-state index contributed by atoms with van der Waals surface area (Å²) in [5, 5.41) is 2.85. The van der Waals surface area contributed by atoms with E-state index in [2.05, 4.69) is 11.9 Å². The summed E-state index contributed by atoms with van der Waals surface area (Å²) in [6.07, 6.45) is 2.94. The molecule has 3 aromatic rings. The van der Waals surface area contributed by atoms with Crippen molar-refractivity contribution < 1.29 is 28.6 Å². The summed E-state index contributed by atoms with van der Waals surface area (Å²) in [6, 6.07) is 17.8. The summed E-state index contributed by atoms with van der Waals surface area (Å²) in [6.45, 7) is 4.16. The molecular formula is C28H23ClN2O6. The molecule has 1 N–H and O–H groups in total. The minimum absolute atomic E-state index is 0.209. The van der Waals surface area contributed by atoms with Crippen LogP contribution in [0, 0.1) is 0 Å². The molecule has 188 valence electrons. The molecule has 1 aliphatic rings. The average molecular weight is 519 g/mol. The van der Waals surface area contributed by atoms with Crippen LogP contribution in [0.25, 0.3) is 6.08 Å². The molecule has 8 nitrogen and oxygen atoms in total. The second kappa shape index (κ2) is 11.5. The number of rotatable bonds is 9. The van der Waals surface area contributed by atoms with Crippen LogP contribution in [0.3, 0.4) is 0 Å². The Morgan fingerprint density at radius 3 is 2.32 bits per heavy atom. The van der Waals surface area contributed by atoms with Crippen molar-refractivity contribution in [3.05, 3.63) is 101 Å². The first-order valence-electron chi connectivity index (χ1n) is 11.2. The fourth-order valence-corrected chi connectivity index (χ4v) is 3.65. The van der Waals surface area contributed by atoms with Gasteiger partial charge in [0.25, 0.3) is 11.8 Å². The Balaban J connectivity index is 1.56. The first kappa shape index (κ1) is 25.5. The molecular weight excluding hydrogens is 496 g/mol. The highest BCUT2D eigenvalue weighted by atomic mass is 35.5. The molecule has 4 amide bonds. The van der Waals surface area contributed by atoms with Gasteiger partial charge in [-0.25, -0.2) is 9.69 Å². The van der Waals surface area contributed by atoms with Gasteiger partial charge in [0.1, 0.15) is 36.0 Å². The maximum Gasteiger partial charge on any atom is 0.335 e. The zero-order valence-electron chi connectivity index (χ0n) is 19.9. The van der Waals surface area contributed by atoms with Crippen molar-refractivity contribution in [2.75, 3.05) is 18.6 Å². The molecule has 3 aromatic carbocycles. The van der Waals surface area contributed by atoms with E-state index in [1.165, 1.54) is 13.2 Å². The van der Waals surface area contributed by atoms with Crippen LogP contribution in [0.5, 0.6) is 17.2 Å². The first-order chi connectivity index (χ1) is 17.9. The molecule has 0 atom stereocenters. The molecule has 9 heteroatoms. The molecule has 1 heterocycles. The maximum atomic E-state index is 13.3. The number of nitrogens with one attached hydrogen (secondary N) is 1. The number of urea groups is 1. The van der Waals surface area contributed by atoms with Gasteiger partial charge in [-0.2, -0.15) is 0 Å². The summed E-state index contributed by atoms with van der Waals surface area (Å²) in [7, 11) is 1.51. The third-order valence-electron chi connectivity index (χ3n) is 5.39. The van der Waals surface area contributed by atoms with Gasteiger partial charge in [0.2, 0.25) is 0 Å². The van der Waals surface area contributed by atoms with Crippen LogP contribution in [0.4, 0.5) is 10.5 Å². The van der Waals surface area contributed by atoms with Gasteiger partial charge in [-0.05, 0) is 60.2 Å². The van der Waals surface area contributed by atoms with Gasteiger partial charge in [-0.3, -0.25) is 14.9 Å². The first-order valence-corrected chi connectivity index (χ1v) is 11.6. The van der Waals surface area contributed by atoms with Gasteiger partial charge < -0.3 is 14.2 Å². The Hall–Kier alpha value is -4.56. The quantitative estimate of drug-likeness (QED) is 0.239. The second-order valence-corrected chi connectivity index (χ2v) is 8.31. The second-order valence-electron chi connectivity index (χ2n) is 7.87. The number of benzene rings is 3. The molecule has 4 rings (SSSR count). The minimum Gasteiger partial charge on any atom is -0.497 e. The molecule has 1 aliphatic heterocycles. The van der Waals surface area contributed by atoms with Gasteiger partial charge in [0, 0.05) is 16.7 Å². The van der Waals surface area contributed by atoms with Crippen LogP contribution in [0.2, 0.25) is 5.02 Å². The van der Waals surface area contributed by atoms with Crippen molar-refractivity contribution in [3.8, 4) is 17.2 Å². The van der Waals surface area contributed by atoms with Crippen LogP contribution in [-0.2, 0) is 16.2 Å². The van der Waals surface area contributed by atoms with Crippen LogP contribution in [0.15, 0.2) is 85.0 Å². The minimum atomic E-state index is -0.847. The van der Waals surface area contributed by atoms with E-state index in [0.29, 0.717) is 34.4 Å². The third-order valence-corrected chi connectivity index (χ3v) is 5.64. The largest absolute Gasteiger partial charge is 0.497 e. The van der Waals surface area contributed by atoms with E-state index >= 15 is 0 Å². The van der Waals surface area contributed by atoms with E-state index < -0.39 is 17.8 Å². The molecule has 0 aromatic heterocycles. The number of amides is 4. The van der Waals surface area contributed by atoms with E-state index in [9.17, 15) is 14.4 Å². The van der Waals surface area contributed by atoms with Crippen molar-refractivity contribution >= 4 is 41.2 Å². The highest BCUT2D eigenvalue weighted by Gasteiger charge is 2.37. The number of carbonyl (C=O) groups excluding carboxylic acids is 3. The molecule has 37 heavy (non-hydrogen) atoms. The number of anilines is 1. The number of hydrogen-bond acceptors (Lipinski definition) is 6. The van der Waals surface area contributed by atoms with Crippen LogP contribution >= 0.6 is 11.6 Å². The van der Waals surface area contributed by atoms with E-state index in [4.69, 9.17) is 25.8 Å². The third kappa shape index (κ3) is 5.99. The lowest BCUT2D eigenvalue weighted by Crippen LogP contribution is -2.54. The highest BCUT2D eigenvalue weighted by Crippen LogP contribution is 2.29. The number of ether oxygens (including phenoxy) is 3. The fourth-order valence-electron chi connectivity index (χ4n) is 3.52. The smallest absolute Gasteiger partial charge is 0.335 e. The van der Waals surface area contributed by atoms with E-state index in [-0.39, 0.29) is 17.9 Å². The number of imide groups is 2. The molecule has 0 radical (unpaired) electrons. The Labute approximate surface area is 218 Å². The topological polar surface area (TPSA) is 94.2 Å². The van der Waals surface area contributed by atoms with Crippen molar-refractivity contribution in [2.45, 2.75) is 6.61 Å². The van der Waals surface area contributed by atoms with Crippen LogP contribution in [0.1, 0.15) is 11.1 Å². The normalized spacial score (nSPS) is 14.4. The fraction of sp³-hybridized carbons (Fsp3) is 0.107. The van der Waals surface area contributed by atoms with Gasteiger partial charge in [0.05, 0.1) is 12.8 Å². The van der Waals surface area contributed by atoms with Crippen LogP contribution in [-0.4, -0.2) is 31.6 Å². The lowest BCUT2D eigenvalue weighted by Gasteiger charge is -2.26. The van der Waals surface area contributed by atoms with Crippen LogP contribution < -0.4 is 24.4 Å². The molecule has 1 fully saturated rings. The van der Waals surface area contributed by atoms with Crippen molar-refractivity contribution in [2.24, 2.45) is 0 Å². The number of barbiturate groups is 1. The van der Waals surface area contributed by atoms with E-state index in [1.807, 2.05) is 12.1 Å². The Morgan fingerprint density at radius 2 is 1.65 bits per heavy atom. The van der Waals surface area contributed by atoms with E-state index in [1.54, 1.807) is 60.7 Å². The maximum absolute atomic E-state index is 13.3. The molecule has 0 spiro atoms. The monoisotopic (exact) mass is 518 g/mol. The summed E-state index contributed by atoms with van der Waals surface area (Å²) < 4.78 is 16.7. The van der Waals surface area contributed by atoms with Gasteiger partial charge in [-0.1, -0.05) is 36.4 Å². The van der Waals surface area contributed by atoms with Gasteiger partial charge >= 0.3 is 6.03 Å². The predicted octanol–water partition coefficient (Wildman–Crippen LogP) is 5.16. The molecule has 0 saturated carbocycles. The summed E-state index contributed by atoms with van der Waals surface area (Å²) in [4.78, 5) is 39.3. The summed E-state index contributed by atoms with van der Waals surface area (Å²) in [5.74, 6) is -0.111. The summed E-state index contributed by atoms with van der Waals surface area (Å²) in [5.41, 5.74) is 1.44. The standard InChI is InChI=1S/C28H23ClN2O6/c1-3-14-36-25-16-23(35-2)11-6-19(25)15-24-26(32)30-28(34)31(27(24)33)21-9-12-22(13-10-21)37-17-18-4-7-20(29)8-5-18/h3-13,15-16H,1,14,17H2,2H3,(H,30,32,34)/b24-15+. The lowest BCUT2D eigenvalue weighted by atomic mass is 10.1. The molecule has 0 unspecified atom stereocenters. The lowest BCUT2D eigenvalue weighted by molar-refractivity contribution is -0.122. The number of carbonyl (C=O) groups is 3. The van der Waals surface area contributed by atoms with Crippen molar-refractivity contribution in [1.29, 1.82) is 0 Å². The SMILES string of the molecule is C=CCOc1cc(OC)ccc1/C=C1\C(=O)NC(=O)N(c2ccc(OCc3ccc(Cl)cc3)cc2)C1=O. The average Bonchev–Trinajstić information content (AvgIpc) is 2.90. The highest BCUT2D eigenvalue weighted by molar-refractivity contribution is 6.39. The predicted molar refractivity (Wildman–Crippen MR) is 140 cm³/mol. The zero-order chi connectivity index (χ0) is 26.4. The Morgan fingerprint density at radius 1 is 0.946 bits per heavy atom. The number of hydrogen-bond donors (Lipinski definition) is 1. The number of methoxy groups -OCH3 is 1. The van der Waals surface area contributed by atoms with Gasteiger partial charge in [-0.15, -0.1) is 0 Å². The molecule has 1 saturated heterocycles. The van der Waals surface area contributed by atoms with Gasteiger partial charge in [0.15, 0.2) is 0 Å². The number of nitrogens with zero attached hydrogens (tertiary/aromatic N) is 1. The molecule has 0 aliphatic carbocycles. The Bertz CT molecular complexity index is 1370. The number of halogens is 1. The summed E-state index contributed by atoms with van der Waals surface area (Å²) >= 11 is 5.90. The zero-order valence-corrected chi connectivity index (χ0v) is 20.7. The van der Waals surface area contributed by atoms with E-state index in [0.717, 1.165) is 10.5 Å².